The van der Waals surface area contributed by atoms with Gasteiger partial charge in [-0.25, -0.2) is 4.79 Å². The molecule has 0 unspecified atom stereocenters. The lowest BCUT2D eigenvalue weighted by Gasteiger charge is -2.12. The second-order valence-electron chi connectivity index (χ2n) is 3.55. The van der Waals surface area contributed by atoms with Gasteiger partial charge in [0.1, 0.15) is 11.3 Å². The van der Waals surface area contributed by atoms with Gasteiger partial charge in [-0.05, 0) is 30.5 Å². The number of benzene rings is 1. The molecule has 1 aromatic rings. The Morgan fingerprint density at radius 1 is 1.44 bits per heavy atom. The number of hydrogen-bond acceptors (Lipinski definition) is 4. The van der Waals surface area contributed by atoms with E-state index in [2.05, 4.69) is 0 Å². The number of aliphatic hydroxyl groups excluding tert-OH is 1. The second kappa shape index (κ2) is 5.48. The first-order valence-corrected chi connectivity index (χ1v) is 4.99. The van der Waals surface area contributed by atoms with Crippen molar-refractivity contribution < 1.29 is 20.1 Å². The molecule has 0 bridgehead atoms. The molecule has 0 saturated carbocycles. The summed E-state index contributed by atoms with van der Waals surface area (Å²) in [4.78, 5) is 10.8. The minimum Gasteiger partial charge on any atom is -0.507 e. The molecule has 0 radical (unpaired) electrons. The third-order valence-electron chi connectivity index (χ3n) is 2.35. The molecule has 1 atom stereocenters. The second-order valence-corrected chi connectivity index (χ2v) is 3.55. The van der Waals surface area contributed by atoms with E-state index in [1.54, 1.807) is 6.07 Å². The van der Waals surface area contributed by atoms with Crippen molar-refractivity contribution in [3.05, 3.63) is 29.3 Å². The Labute approximate surface area is 93.1 Å². The van der Waals surface area contributed by atoms with E-state index in [0.717, 1.165) is 0 Å². The first-order chi connectivity index (χ1) is 7.56. The molecule has 88 valence electrons. The van der Waals surface area contributed by atoms with Gasteiger partial charge in [-0.1, -0.05) is 6.07 Å². The van der Waals surface area contributed by atoms with Crippen LogP contribution in [0.15, 0.2) is 18.2 Å². The van der Waals surface area contributed by atoms with Gasteiger partial charge in [0.2, 0.25) is 0 Å². The monoisotopic (exact) mass is 225 g/mol. The summed E-state index contributed by atoms with van der Waals surface area (Å²) in [5.74, 6) is -1.46. The van der Waals surface area contributed by atoms with Crippen LogP contribution < -0.4 is 5.73 Å². The summed E-state index contributed by atoms with van der Waals surface area (Å²) in [5.41, 5.74) is 6.30. The standard InChI is InChI=1S/C11H15NO4/c12-9(2-1-5-13)7-3-4-10(14)8(6-7)11(15)16/h3-4,6,9,13-14H,1-2,5,12H2,(H,15,16)/t9-/m1/s1. The number of carbonyl (C=O) groups is 1. The van der Waals surface area contributed by atoms with Crippen LogP contribution in [0, 0.1) is 0 Å². The minimum absolute atomic E-state index is 0.0531. The molecule has 0 aliphatic heterocycles. The highest BCUT2D eigenvalue weighted by molar-refractivity contribution is 5.90. The molecule has 5 N–H and O–H groups in total. The largest absolute Gasteiger partial charge is 0.507 e. The Kier molecular flexibility index (Phi) is 4.28. The van der Waals surface area contributed by atoms with Crippen LogP contribution in [0.5, 0.6) is 5.75 Å². The van der Waals surface area contributed by atoms with Gasteiger partial charge in [0.05, 0.1) is 0 Å². The van der Waals surface area contributed by atoms with E-state index in [0.29, 0.717) is 18.4 Å². The lowest BCUT2D eigenvalue weighted by molar-refractivity contribution is 0.0693. The van der Waals surface area contributed by atoms with E-state index >= 15 is 0 Å². The number of nitrogens with two attached hydrogens (primary N) is 1. The number of carboxylic acid groups (broad SMARTS) is 1. The maximum Gasteiger partial charge on any atom is 0.339 e. The van der Waals surface area contributed by atoms with Crippen LogP contribution in [0.25, 0.3) is 0 Å². The predicted octanol–water partition coefficient (Wildman–Crippen LogP) is 0.863. The van der Waals surface area contributed by atoms with Crippen molar-refractivity contribution in [1.29, 1.82) is 0 Å². The molecule has 5 heteroatoms. The fraction of sp³-hybridized carbons (Fsp3) is 0.364. The zero-order chi connectivity index (χ0) is 12.1. The van der Waals surface area contributed by atoms with E-state index in [1.807, 2.05) is 0 Å². The van der Waals surface area contributed by atoms with Crippen molar-refractivity contribution in [3.63, 3.8) is 0 Å². The first-order valence-electron chi connectivity index (χ1n) is 4.99. The van der Waals surface area contributed by atoms with E-state index in [-0.39, 0.29) is 24.0 Å². The number of rotatable bonds is 5. The molecule has 0 aromatic heterocycles. The zero-order valence-corrected chi connectivity index (χ0v) is 8.76. The Morgan fingerprint density at radius 3 is 2.69 bits per heavy atom. The molecule has 0 heterocycles. The predicted molar refractivity (Wildman–Crippen MR) is 58.3 cm³/mol. The molecule has 0 saturated heterocycles. The normalized spacial score (nSPS) is 12.4. The molecular weight excluding hydrogens is 210 g/mol. The SMILES string of the molecule is N[C@H](CCCO)c1ccc(O)c(C(=O)O)c1. The summed E-state index contributed by atoms with van der Waals surface area (Å²) in [7, 11) is 0. The maximum atomic E-state index is 10.8. The molecule has 0 fully saturated rings. The quantitative estimate of drug-likeness (QED) is 0.595. The highest BCUT2D eigenvalue weighted by Crippen LogP contribution is 2.23. The summed E-state index contributed by atoms with van der Waals surface area (Å²) in [6, 6.07) is 3.94. The topological polar surface area (TPSA) is 104 Å². The van der Waals surface area contributed by atoms with E-state index in [9.17, 15) is 9.90 Å². The van der Waals surface area contributed by atoms with Crippen LogP contribution >= 0.6 is 0 Å². The Bertz CT molecular complexity index is 378. The van der Waals surface area contributed by atoms with Crippen molar-refractivity contribution in [2.75, 3.05) is 6.61 Å². The molecule has 0 aliphatic carbocycles. The zero-order valence-electron chi connectivity index (χ0n) is 8.76. The Morgan fingerprint density at radius 2 is 2.12 bits per heavy atom. The van der Waals surface area contributed by atoms with Crippen LogP contribution in [-0.4, -0.2) is 27.9 Å². The fourth-order valence-corrected chi connectivity index (χ4v) is 1.43. The third-order valence-corrected chi connectivity index (χ3v) is 2.35. The highest BCUT2D eigenvalue weighted by Gasteiger charge is 2.13. The fourth-order valence-electron chi connectivity index (χ4n) is 1.43. The van der Waals surface area contributed by atoms with Gasteiger partial charge in [-0.3, -0.25) is 0 Å². The van der Waals surface area contributed by atoms with Crippen LogP contribution in [0.4, 0.5) is 0 Å². The van der Waals surface area contributed by atoms with Gasteiger partial charge in [0.25, 0.3) is 0 Å². The number of carboxylic acids is 1. The maximum absolute atomic E-state index is 10.8. The summed E-state index contributed by atoms with van der Waals surface area (Å²) in [6.45, 7) is 0.0531. The minimum atomic E-state index is -1.19. The molecule has 0 aliphatic rings. The number of phenols is 1. The molecule has 1 rings (SSSR count). The van der Waals surface area contributed by atoms with Crippen molar-refractivity contribution in [2.45, 2.75) is 18.9 Å². The Hall–Kier alpha value is -1.59. The van der Waals surface area contributed by atoms with Gasteiger partial charge in [0.15, 0.2) is 0 Å². The van der Waals surface area contributed by atoms with Crippen LogP contribution in [0.1, 0.15) is 34.8 Å². The van der Waals surface area contributed by atoms with E-state index < -0.39 is 5.97 Å². The van der Waals surface area contributed by atoms with Crippen LogP contribution in [0.3, 0.4) is 0 Å². The first kappa shape index (κ1) is 12.5. The molecule has 0 spiro atoms. The number of hydrogen-bond donors (Lipinski definition) is 4. The molecule has 1 aromatic carbocycles. The summed E-state index contributed by atoms with van der Waals surface area (Å²) in [5, 5.41) is 26.8. The molecule has 0 amide bonds. The number of aromatic hydroxyl groups is 1. The van der Waals surface area contributed by atoms with Gasteiger partial charge in [-0.15, -0.1) is 0 Å². The van der Waals surface area contributed by atoms with Crippen molar-refractivity contribution in [2.24, 2.45) is 5.73 Å². The average molecular weight is 225 g/mol. The summed E-state index contributed by atoms with van der Waals surface area (Å²) in [6.07, 6.45) is 1.13. The third kappa shape index (κ3) is 2.95. The number of aliphatic hydroxyl groups is 1. The van der Waals surface area contributed by atoms with Gasteiger partial charge >= 0.3 is 5.97 Å². The van der Waals surface area contributed by atoms with Crippen LogP contribution in [-0.2, 0) is 0 Å². The number of aromatic carboxylic acids is 1. The average Bonchev–Trinajstić information content (AvgIpc) is 2.26. The Balaban J connectivity index is 2.89. The van der Waals surface area contributed by atoms with Gasteiger partial charge in [0, 0.05) is 12.6 Å². The smallest absolute Gasteiger partial charge is 0.339 e. The van der Waals surface area contributed by atoms with E-state index in [1.165, 1.54) is 12.1 Å². The summed E-state index contributed by atoms with van der Waals surface area (Å²) >= 11 is 0. The molecule has 5 nitrogen and oxygen atoms in total. The lowest BCUT2D eigenvalue weighted by Crippen LogP contribution is -2.11. The lowest BCUT2D eigenvalue weighted by atomic mass is 10.0. The van der Waals surface area contributed by atoms with Crippen molar-refractivity contribution in [3.8, 4) is 5.75 Å². The van der Waals surface area contributed by atoms with Crippen molar-refractivity contribution in [1.82, 2.24) is 0 Å². The van der Waals surface area contributed by atoms with E-state index in [4.69, 9.17) is 15.9 Å². The highest BCUT2D eigenvalue weighted by atomic mass is 16.4. The molecule has 16 heavy (non-hydrogen) atoms. The van der Waals surface area contributed by atoms with Crippen LogP contribution in [0.2, 0.25) is 0 Å². The molecular formula is C11H15NO4. The summed E-state index contributed by atoms with van der Waals surface area (Å²) < 4.78 is 0. The van der Waals surface area contributed by atoms with Gasteiger partial charge < -0.3 is 21.1 Å². The van der Waals surface area contributed by atoms with Gasteiger partial charge in [-0.2, -0.15) is 0 Å². The van der Waals surface area contributed by atoms with Crippen molar-refractivity contribution >= 4 is 5.97 Å².